The minimum atomic E-state index is -0.230. The van der Waals surface area contributed by atoms with Gasteiger partial charge in [-0.2, -0.15) is 0 Å². The van der Waals surface area contributed by atoms with Crippen LogP contribution in [-0.4, -0.2) is 23.0 Å². The third kappa shape index (κ3) is 3.92. The Hall–Kier alpha value is -1.75. The lowest BCUT2D eigenvalue weighted by atomic mass is 10.1. The number of halogens is 1. The van der Waals surface area contributed by atoms with Crippen molar-refractivity contribution in [3.8, 4) is 0 Å². The summed E-state index contributed by atoms with van der Waals surface area (Å²) in [7, 11) is 0. The maximum Gasteiger partial charge on any atom is 0.251 e. The van der Waals surface area contributed by atoms with E-state index in [1.165, 1.54) is 0 Å². The Morgan fingerprint density at radius 1 is 1.61 bits per heavy atom. The summed E-state index contributed by atoms with van der Waals surface area (Å²) in [6, 6.07) is 4.90. The SMILES string of the molecule is Cc1ccc(Cl)cc1C(=O)NC(C)C/C(N)=N/O. The molecule has 0 saturated carbocycles. The molecular formula is C12H16ClN3O2. The van der Waals surface area contributed by atoms with Crippen LogP contribution < -0.4 is 11.1 Å². The van der Waals surface area contributed by atoms with E-state index in [0.717, 1.165) is 5.56 Å². The number of hydrogen-bond acceptors (Lipinski definition) is 3. The topological polar surface area (TPSA) is 87.7 Å². The fraction of sp³-hybridized carbons (Fsp3) is 0.333. The molecule has 1 unspecified atom stereocenters. The van der Waals surface area contributed by atoms with Crippen LogP contribution in [0.15, 0.2) is 23.4 Å². The molecule has 0 aromatic heterocycles. The zero-order chi connectivity index (χ0) is 13.7. The van der Waals surface area contributed by atoms with Crippen molar-refractivity contribution in [1.82, 2.24) is 5.32 Å². The van der Waals surface area contributed by atoms with Crippen molar-refractivity contribution in [3.63, 3.8) is 0 Å². The van der Waals surface area contributed by atoms with Gasteiger partial charge in [-0.25, -0.2) is 0 Å². The second-order valence-corrected chi connectivity index (χ2v) is 4.57. The van der Waals surface area contributed by atoms with Crippen LogP contribution in [0.25, 0.3) is 0 Å². The van der Waals surface area contributed by atoms with Crippen molar-refractivity contribution >= 4 is 23.3 Å². The molecule has 0 radical (unpaired) electrons. The molecule has 0 spiro atoms. The summed E-state index contributed by atoms with van der Waals surface area (Å²) >= 11 is 5.85. The van der Waals surface area contributed by atoms with E-state index in [1.807, 2.05) is 6.92 Å². The lowest BCUT2D eigenvalue weighted by Gasteiger charge is -2.14. The molecule has 0 saturated heterocycles. The van der Waals surface area contributed by atoms with E-state index in [0.29, 0.717) is 10.6 Å². The van der Waals surface area contributed by atoms with Gasteiger partial charge >= 0.3 is 0 Å². The predicted octanol–water partition coefficient (Wildman–Crippen LogP) is 1.90. The van der Waals surface area contributed by atoms with E-state index in [2.05, 4.69) is 10.5 Å². The second kappa shape index (κ2) is 6.26. The number of oxime groups is 1. The Balaban J connectivity index is 2.73. The zero-order valence-corrected chi connectivity index (χ0v) is 11.0. The summed E-state index contributed by atoms with van der Waals surface area (Å²) in [4.78, 5) is 12.0. The lowest BCUT2D eigenvalue weighted by molar-refractivity contribution is 0.0940. The lowest BCUT2D eigenvalue weighted by Crippen LogP contribution is -2.36. The van der Waals surface area contributed by atoms with Gasteiger partial charge in [-0.15, -0.1) is 0 Å². The molecule has 0 heterocycles. The average molecular weight is 270 g/mol. The molecule has 0 bridgehead atoms. The second-order valence-electron chi connectivity index (χ2n) is 4.13. The fourth-order valence-electron chi connectivity index (χ4n) is 1.55. The Labute approximate surface area is 111 Å². The highest BCUT2D eigenvalue weighted by atomic mass is 35.5. The summed E-state index contributed by atoms with van der Waals surface area (Å²) in [5, 5.41) is 14.6. The molecule has 0 aliphatic carbocycles. The van der Waals surface area contributed by atoms with Gasteiger partial charge in [0.15, 0.2) is 0 Å². The Morgan fingerprint density at radius 3 is 2.89 bits per heavy atom. The highest BCUT2D eigenvalue weighted by Crippen LogP contribution is 2.15. The van der Waals surface area contributed by atoms with Crippen molar-refractivity contribution in [2.24, 2.45) is 10.9 Å². The summed E-state index contributed by atoms with van der Waals surface area (Å²) in [6.07, 6.45) is 0.280. The van der Waals surface area contributed by atoms with Crippen LogP contribution in [0, 0.1) is 6.92 Å². The van der Waals surface area contributed by atoms with Crippen molar-refractivity contribution in [1.29, 1.82) is 0 Å². The first kappa shape index (κ1) is 14.3. The van der Waals surface area contributed by atoms with E-state index in [1.54, 1.807) is 25.1 Å². The number of amides is 1. The fourth-order valence-corrected chi connectivity index (χ4v) is 1.72. The molecule has 98 valence electrons. The molecule has 1 atom stereocenters. The van der Waals surface area contributed by atoms with Crippen molar-refractivity contribution in [2.75, 3.05) is 0 Å². The van der Waals surface area contributed by atoms with Gasteiger partial charge in [0.2, 0.25) is 0 Å². The van der Waals surface area contributed by atoms with Crippen LogP contribution in [-0.2, 0) is 0 Å². The van der Waals surface area contributed by atoms with Gasteiger partial charge in [0.25, 0.3) is 5.91 Å². The Morgan fingerprint density at radius 2 is 2.28 bits per heavy atom. The van der Waals surface area contributed by atoms with Gasteiger partial charge in [0, 0.05) is 23.0 Å². The van der Waals surface area contributed by atoms with Crippen molar-refractivity contribution in [2.45, 2.75) is 26.3 Å². The van der Waals surface area contributed by atoms with E-state index in [9.17, 15) is 4.79 Å². The molecule has 4 N–H and O–H groups in total. The highest BCUT2D eigenvalue weighted by Gasteiger charge is 2.13. The standard InChI is InChI=1S/C12H16ClN3O2/c1-7-3-4-9(13)6-10(7)12(17)15-8(2)5-11(14)16-18/h3-4,6,8,18H,5H2,1-2H3,(H2,14,16)(H,15,17). The largest absolute Gasteiger partial charge is 0.409 e. The maximum absolute atomic E-state index is 12.0. The number of benzene rings is 1. The first-order valence-corrected chi connectivity index (χ1v) is 5.85. The van der Waals surface area contributed by atoms with Crippen LogP contribution in [0.4, 0.5) is 0 Å². The number of nitrogens with two attached hydrogens (primary N) is 1. The predicted molar refractivity (Wildman–Crippen MR) is 71.1 cm³/mol. The smallest absolute Gasteiger partial charge is 0.251 e. The Kier molecular flexibility index (Phi) is 4.97. The molecule has 6 heteroatoms. The molecule has 0 fully saturated rings. The number of hydrogen-bond donors (Lipinski definition) is 3. The number of rotatable bonds is 4. The number of amidine groups is 1. The van der Waals surface area contributed by atoms with Crippen LogP contribution >= 0.6 is 11.6 Å². The molecule has 5 nitrogen and oxygen atoms in total. The van der Waals surface area contributed by atoms with Crippen LogP contribution in [0.2, 0.25) is 5.02 Å². The summed E-state index contributed by atoms with van der Waals surface area (Å²) in [5.74, 6) is -0.154. The first-order valence-electron chi connectivity index (χ1n) is 5.47. The van der Waals surface area contributed by atoms with Crippen molar-refractivity contribution in [3.05, 3.63) is 34.3 Å². The van der Waals surface area contributed by atoms with E-state index in [-0.39, 0.29) is 24.2 Å². The van der Waals surface area contributed by atoms with Gasteiger partial charge in [0.05, 0.1) is 0 Å². The number of carbonyl (C=O) groups excluding carboxylic acids is 1. The number of nitrogens with zero attached hydrogens (tertiary/aromatic N) is 1. The van der Waals surface area contributed by atoms with Crippen LogP contribution in [0.3, 0.4) is 0 Å². The van der Waals surface area contributed by atoms with Gasteiger partial charge in [-0.1, -0.05) is 22.8 Å². The quantitative estimate of drug-likeness (QED) is 0.338. The van der Waals surface area contributed by atoms with Gasteiger partial charge < -0.3 is 16.3 Å². The van der Waals surface area contributed by atoms with E-state index < -0.39 is 0 Å². The minimum absolute atomic E-state index is 0.0746. The molecule has 1 amide bonds. The number of carbonyl (C=O) groups is 1. The number of aryl methyl sites for hydroxylation is 1. The molecule has 0 aliphatic heterocycles. The molecule has 0 aliphatic rings. The van der Waals surface area contributed by atoms with Crippen LogP contribution in [0.1, 0.15) is 29.3 Å². The molecule has 1 aromatic rings. The zero-order valence-electron chi connectivity index (χ0n) is 10.3. The van der Waals surface area contributed by atoms with Gasteiger partial charge in [0.1, 0.15) is 5.84 Å². The van der Waals surface area contributed by atoms with Gasteiger partial charge in [-0.3, -0.25) is 4.79 Å². The molecule has 1 rings (SSSR count). The molecule has 1 aromatic carbocycles. The highest BCUT2D eigenvalue weighted by molar-refractivity contribution is 6.31. The minimum Gasteiger partial charge on any atom is -0.409 e. The normalized spacial score (nSPS) is 13.2. The van der Waals surface area contributed by atoms with E-state index >= 15 is 0 Å². The third-order valence-corrected chi connectivity index (χ3v) is 2.70. The summed E-state index contributed by atoms with van der Waals surface area (Å²) in [5.41, 5.74) is 6.73. The molecule has 18 heavy (non-hydrogen) atoms. The number of nitrogens with one attached hydrogen (secondary N) is 1. The van der Waals surface area contributed by atoms with E-state index in [4.69, 9.17) is 22.5 Å². The summed E-state index contributed by atoms with van der Waals surface area (Å²) in [6.45, 7) is 3.61. The summed E-state index contributed by atoms with van der Waals surface area (Å²) < 4.78 is 0. The monoisotopic (exact) mass is 269 g/mol. The average Bonchev–Trinajstić information content (AvgIpc) is 2.31. The van der Waals surface area contributed by atoms with Crippen LogP contribution in [0.5, 0.6) is 0 Å². The molecular weight excluding hydrogens is 254 g/mol. The Bertz CT molecular complexity index is 474. The maximum atomic E-state index is 12.0. The third-order valence-electron chi connectivity index (χ3n) is 2.47. The van der Waals surface area contributed by atoms with Crippen molar-refractivity contribution < 1.29 is 10.0 Å². The first-order chi connectivity index (χ1) is 8.43. The van der Waals surface area contributed by atoms with Gasteiger partial charge in [-0.05, 0) is 31.5 Å².